The molecule has 2 rings (SSSR count). The Balaban J connectivity index is 2.59. The first kappa shape index (κ1) is 11.3. The molecule has 0 saturated heterocycles. The van der Waals surface area contributed by atoms with E-state index in [4.69, 9.17) is 5.11 Å². The molecule has 0 bridgehead atoms. The highest BCUT2D eigenvalue weighted by Gasteiger charge is 2.06. The Bertz CT molecular complexity index is 582. The molecule has 3 heteroatoms. The van der Waals surface area contributed by atoms with Gasteiger partial charge in [0.05, 0.1) is 5.52 Å². The number of para-hydroxylation sites is 1. The summed E-state index contributed by atoms with van der Waals surface area (Å²) in [6.07, 6.45) is 3.92. The highest BCUT2D eigenvalue weighted by molar-refractivity contribution is 5.96. The van der Waals surface area contributed by atoms with E-state index in [9.17, 15) is 4.79 Å². The van der Waals surface area contributed by atoms with E-state index in [1.165, 1.54) is 0 Å². The highest BCUT2D eigenvalue weighted by Crippen LogP contribution is 2.19. The topological polar surface area (TPSA) is 50.2 Å². The highest BCUT2D eigenvalue weighted by atomic mass is 16.4. The molecule has 0 fully saturated rings. The van der Waals surface area contributed by atoms with Crippen LogP contribution >= 0.6 is 0 Å². The maximum atomic E-state index is 11.0. The van der Waals surface area contributed by atoms with Gasteiger partial charge in [0.2, 0.25) is 0 Å². The van der Waals surface area contributed by atoms with Crippen LogP contribution in [0.1, 0.15) is 18.9 Å². The van der Waals surface area contributed by atoms with Gasteiger partial charge in [0.15, 0.2) is 0 Å². The number of carboxylic acids is 1. The van der Waals surface area contributed by atoms with Crippen LogP contribution in [0.15, 0.2) is 42.1 Å². The predicted molar refractivity (Wildman–Crippen MR) is 67.6 cm³/mol. The van der Waals surface area contributed by atoms with Crippen LogP contribution in [0.3, 0.4) is 0 Å². The molecule has 0 amide bonds. The molecular formula is C14H13NO2. The van der Waals surface area contributed by atoms with Crippen molar-refractivity contribution >= 4 is 22.9 Å². The first-order valence-corrected chi connectivity index (χ1v) is 5.50. The minimum Gasteiger partial charge on any atom is -0.478 e. The summed E-state index contributed by atoms with van der Waals surface area (Å²) in [7, 11) is 0. The molecule has 0 atom stereocenters. The quantitative estimate of drug-likeness (QED) is 0.819. The monoisotopic (exact) mass is 227 g/mol. The van der Waals surface area contributed by atoms with Crippen molar-refractivity contribution in [2.24, 2.45) is 0 Å². The number of rotatable bonds is 3. The van der Waals surface area contributed by atoms with E-state index in [1.54, 1.807) is 12.3 Å². The summed E-state index contributed by atoms with van der Waals surface area (Å²) < 4.78 is 0. The van der Waals surface area contributed by atoms with Crippen molar-refractivity contribution in [3.8, 4) is 0 Å². The molecule has 2 aromatic rings. The third-order valence-electron chi connectivity index (χ3n) is 2.67. The van der Waals surface area contributed by atoms with Crippen LogP contribution in [0.25, 0.3) is 17.0 Å². The standard InChI is InChI=1S/C14H13NO2/c1-2-10(14(16)17)9-11-7-8-15-13-6-4-3-5-12(11)13/h3-9H,2H2,1H3,(H,16,17)/b10-9+. The second-order valence-electron chi connectivity index (χ2n) is 3.75. The van der Waals surface area contributed by atoms with Crippen LogP contribution < -0.4 is 0 Å². The van der Waals surface area contributed by atoms with Gasteiger partial charge in [-0.15, -0.1) is 0 Å². The van der Waals surface area contributed by atoms with Crippen LogP contribution in [-0.2, 0) is 4.79 Å². The zero-order valence-electron chi connectivity index (χ0n) is 9.55. The maximum absolute atomic E-state index is 11.0. The van der Waals surface area contributed by atoms with Crippen molar-refractivity contribution in [2.75, 3.05) is 0 Å². The molecule has 0 saturated carbocycles. The van der Waals surface area contributed by atoms with E-state index < -0.39 is 5.97 Å². The summed E-state index contributed by atoms with van der Waals surface area (Å²) in [6, 6.07) is 9.54. The van der Waals surface area contributed by atoms with Gasteiger partial charge in [-0.05, 0) is 30.2 Å². The number of fused-ring (bicyclic) bond motifs is 1. The summed E-state index contributed by atoms with van der Waals surface area (Å²) in [5, 5.41) is 10.00. The maximum Gasteiger partial charge on any atom is 0.331 e. The van der Waals surface area contributed by atoms with Gasteiger partial charge in [-0.3, -0.25) is 4.98 Å². The Kier molecular flexibility index (Phi) is 3.19. The van der Waals surface area contributed by atoms with E-state index in [-0.39, 0.29) is 0 Å². The fourth-order valence-corrected chi connectivity index (χ4v) is 1.75. The van der Waals surface area contributed by atoms with Crippen LogP contribution in [0.5, 0.6) is 0 Å². The van der Waals surface area contributed by atoms with E-state index in [1.807, 2.05) is 37.3 Å². The molecule has 0 radical (unpaired) electrons. The van der Waals surface area contributed by atoms with Crippen molar-refractivity contribution in [3.05, 3.63) is 47.7 Å². The number of hydrogen-bond donors (Lipinski definition) is 1. The molecule has 0 unspecified atom stereocenters. The summed E-state index contributed by atoms with van der Waals surface area (Å²) >= 11 is 0. The summed E-state index contributed by atoms with van der Waals surface area (Å²) in [5.41, 5.74) is 2.18. The van der Waals surface area contributed by atoms with Crippen molar-refractivity contribution in [3.63, 3.8) is 0 Å². The molecule has 3 nitrogen and oxygen atoms in total. The Hall–Kier alpha value is -2.16. The van der Waals surface area contributed by atoms with Crippen LogP contribution in [0.4, 0.5) is 0 Å². The predicted octanol–water partition coefficient (Wildman–Crippen LogP) is 3.11. The van der Waals surface area contributed by atoms with E-state index in [2.05, 4.69) is 4.98 Å². The third-order valence-corrected chi connectivity index (χ3v) is 2.67. The normalized spacial score (nSPS) is 11.7. The Morgan fingerprint density at radius 3 is 2.82 bits per heavy atom. The number of aromatic nitrogens is 1. The van der Waals surface area contributed by atoms with Gasteiger partial charge in [-0.25, -0.2) is 4.79 Å². The average Bonchev–Trinajstić information content (AvgIpc) is 2.35. The van der Waals surface area contributed by atoms with E-state index in [0.717, 1.165) is 16.5 Å². The molecule has 17 heavy (non-hydrogen) atoms. The van der Waals surface area contributed by atoms with Gasteiger partial charge in [0.1, 0.15) is 0 Å². The molecule has 1 aromatic heterocycles. The lowest BCUT2D eigenvalue weighted by molar-refractivity contribution is -0.132. The second-order valence-corrected chi connectivity index (χ2v) is 3.75. The molecule has 1 heterocycles. The fraction of sp³-hybridized carbons (Fsp3) is 0.143. The largest absolute Gasteiger partial charge is 0.478 e. The van der Waals surface area contributed by atoms with Gasteiger partial charge in [-0.1, -0.05) is 25.1 Å². The van der Waals surface area contributed by atoms with Gasteiger partial charge in [0, 0.05) is 17.2 Å². The van der Waals surface area contributed by atoms with Gasteiger partial charge >= 0.3 is 5.97 Å². The smallest absolute Gasteiger partial charge is 0.331 e. The third kappa shape index (κ3) is 2.33. The molecule has 0 aliphatic rings. The zero-order valence-corrected chi connectivity index (χ0v) is 9.55. The SMILES string of the molecule is CC/C(=C\c1ccnc2ccccc12)C(=O)O. The van der Waals surface area contributed by atoms with Crippen molar-refractivity contribution in [1.82, 2.24) is 4.98 Å². The summed E-state index contributed by atoms with van der Waals surface area (Å²) in [6.45, 7) is 1.84. The summed E-state index contributed by atoms with van der Waals surface area (Å²) in [5.74, 6) is -0.867. The zero-order chi connectivity index (χ0) is 12.3. The lowest BCUT2D eigenvalue weighted by atomic mass is 10.1. The number of hydrogen-bond acceptors (Lipinski definition) is 2. The molecule has 0 aliphatic carbocycles. The van der Waals surface area contributed by atoms with Crippen LogP contribution in [-0.4, -0.2) is 16.1 Å². The molecule has 0 spiro atoms. The van der Waals surface area contributed by atoms with Crippen molar-refractivity contribution in [2.45, 2.75) is 13.3 Å². The first-order valence-electron chi connectivity index (χ1n) is 5.50. The Morgan fingerprint density at radius 1 is 1.35 bits per heavy atom. The average molecular weight is 227 g/mol. The molecule has 1 N–H and O–H groups in total. The Labute approximate surface area is 99.4 Å². The van der Waals surface area contributed by atoms with Gasteiger partial charge in [-0.2, -0.15) is 0 Å². The second kappa shape index (κ2) is 4.78. The van der Waals surface area contributed by atoms with Crippen molar-refractivity contribution < 1.29 is 9.90 Å². The lowest BCUT2D eigenvalue weighted by Crippen LogP contribution is -1.98. The van der Waals surface area contributed by atoms with Crippen molar-refractivity contribution in [1.29, 1.82) is 0 Å². The summed E-state index contributed by atoms with van der Waals surface area (Å²) in [4.78, 5) is 15.2. The number of nitrogens with zero attached hydrogens (tertiary/aromatic N) is 1. The fourth-order valence-electron chi connectivity index (χ4n) is 1.75. The minimum atomic E-state index is -0.867. The van der Waals surface area contributed by atoms with Gasteiger partial charge < -0.3 is 5.11 Å². The van der Waals surface area contributed by atoms with E-state index in [0.29, 0.717) is 12.0 Å². The molecule has 0 aliphatic heterocycles. The van der Waals surface area contributed by atoms with Crippen LogP contribution in [0.2, 0.25) is 0 Å². The van der Waals surface area contributed by atoms with Crippen LogP contribution in [0, 0.1) is 0 Å². The minimum absolute atomic E-state index is 0.404. The number of carboxylic acid groups (broad SMARTS) is 1. The number of benzene rings is 1. The molecular weight excluding hydrogens is 214 g/mol. The molecule has 1 aromatic carbocycles. The number of carbonyl (C=O) groups is 1. The number of aliphatic carboxylic acids is 1. The van der Waals surface area contributed by atoms with E-state index >= 15 is 0 Å². The Morgan fingerprint density at radius 2 is 2.12 bits per heavy atom. The first-order chi connectivity index (χ1) is 8.22. The molecule has 86 valence electrons. The number of pyridine rings is 1. The van der Waals surface area contributed by atoms with Gasteiger partial charge in [0.25, 0.3) is 0 Å². The lowest BCUT2D eigenvalue weighted by Gasteiger charge is -2.03.